The minimum Gasteiger partial charge on any atom is -0.493 e. The fourth-order valence-electron chi connectivity index (χ4n) is 1.80. The highest BCUT2D eigenvalue weighted by atomic mass is 19.1. The average molecular weight is 274 g/mol. The van der Waals surface area contributed by atoms with Crippen molar-refractivity contribution in [2.45, 2.75) is 6.42 Å². The normalized spacial score (nSPS) is 10.1. The molecule has 20 heavy (non-hydrogen) atoms. The lowest BCUT2D eigenvalue weighted by atomic mass is 10.1. The zero-order chi connectivity index (χ0) is 14.4. The molecule has 4 heteroatoms. The molecule has 104 valence electrons. The summed E-state index contributed by atoms with van der Waals surface area (Å²) in [5.74, 6) is 0.488. The van der Waals surface area contributed by atoms with Gasteiger partial charge in [0.15, 0.2) is 17.3 Å². The second kappa shape index (κ2) is 6.70. The van der Waals surface area contributed by atoms with E-state index in [9.17, 15) is 9.18 Å². The van der Waals surface area contributed by atoms with Gasteiger partial charge in [0.1, 0.15) is 12.4 Å². The third kappa shape index (κ3) is 3.57. The Balaban J connectivity index is 1.94. The minimum absolute atomic E-state index is 0.0157. The molecule has 0 N–H and O–H groups in total. The Morgan fingerprint density at radius 2 is 1.70 bits per heavy atom. The van der Waals surface area contributed by atoms with Gasteiger partial charge in [0, 0.05) is 6.42 Å². The molecule has 0 radical (unpaired) electrons. The molecule has 0 amide bonds. The maximum atomic E-state index is 13.4. The number of ether oxygens (including phenoxy) is 2. The van der Waals surface area contributed by atoms with Crippen LogP contribution in [0.5, 0.6) is 11.5 Å². The molecular weight excluding hydrogens is 259 g/mol. The van der Waals surface area contributed by atoms with Crippen molar-refractivity contribution < 1.29 is 18.7 Å². The number of halogens is 1. The summed E-state index contributed by atoms with van der Waals surface area (Å²) in [7, 11) is 1.53. The highest BCUT2D eigenvalue weighted by Crippen LogP contribution is 2.25. The van der Waals surface area contributed by atoms with Crippen LogP contribution in [-0.4, -0.2) is 19.5 Å². The molecule has 0 heterocycles. The van der Waals surface area contributed by atoms with Crippen LogP contribution < -0.4 is 9.47 Å². The summed E-state index contributed by atoms with van der Waals surface area (Å²) in [6.07, 6.45) is 0.0157. The Labute approximate surface area is 117 Å². The van der Waals surface area contributed by atoms with Gasteiger partial charge in [0.05, 0.1) is 7.11 Å². The average Bonchev–Trinajstić information content (AvgIpc) is 2.48. The second-order valence-corrected chi connectivity index (χ2v) is 4.25. The Kier molecular flexibility index (Phi) is 4.71. The first-order valence-corrected chi connectivity index (χ1v) is 6.21. The van der Waals surface area contributed by atoms with Gasteiger partial charge in [0.2, 0.25) is 0 Å². The molecule has 0 fully saturated rings. The fourth-order valence-corrected chi connectivity index (χ4v) is 1.80. The third-order valence-corrected chi connectivity index (χ3v) is 2.80. The molecule has 0 saturated heterocycles. The number of benzene rings is 2. The smallest absolute Gasteiger partial charge is 0.174 e. The van der Waals surface area contributed by atoms with Crippen LogP contribution in [0.15, 0.2) is 48.5 Å². The Hall–Kier alpha value is -2.36. The first-order chi connectivity index (χ1) is 9.70. The predicted octanol–water partition coefficient (Wildman–Crippen LogP) is 3.02. The van der Waals surface area contributed by atoms with Gasteiger partial charge < -0.3 is 9.47 Å². The lowest BCUT2D eigenvalue weighted by Gasteiger charge is -2.09. The number of methoxy groups -OCH3 is 1. The number of ketones is 1. The van der Waals surface area contributed by atoms with Gasteiger partial charge in [-0.3, -0.25) is 4.79 Å². The molecule has 0 bridgehead atoms. The summed E-state index contributed by atoms with van der Waals surface area (Å²) in [4.78, 5) is 11.8. The third-order valence-electron chi connectivity index (χ3n) is 2.80. The molecule has 2 aromatic rings. The van der Waals surface area contributed by atoms with Gasteiger partial charge in [-0.2, -0.15) is 0 Å². The van der Waals surface area contributed by atoms with E-state index in [2.05, 4.69) is 0 Å². The first-order valence-electron chi connectivity index (χ1n) is 6.21. The molecule has 2 rings (SSSR count). The van der Waals surface area contributed by atoms with Crippen LogP contribution in [0.3, 0.4) is 0 Å². The van der Waals surface area contributed by atoms with Gasteiger partial charge >= 0.3 is 0 Å². The van der Waals surface area contributed by atoms with E-state index < -0.39 is 0 Å². The van der Waals surface area contributed by atoms with Crippen molar-refractivity contribution in [3.05, 3.63) is 59.9 Å². The Morgan fingerprint density at radius 3 is 2.40 bits per heavy atom. The molecule has 0 aliphatic carbocycles. The van der Waals surface area contributed by atoms with E-state index in [4.69, 9.17) is 9.47 Å². The van der Waals surface area contributed by atoms with E-state index in [1.165, 1.54) is 13.2 Å². The summed E-state index contributed by atoms with van der Waals surface area (Å²) in [6, 6.07) is 13.3. The van der Waals surface area contributed by atoms with Crippen LogP contribution in [-0.2, 0) is 11.2 Å². The SMILES string of the molecule is COc1ccccc1OCC(=O)Cc1ccccc1F. The van der Waals surface area contributed by atoms with Crippen molar-refractivity contribution >= 4 is 5.78 Å². The zero-order valence-corrected chi connectivity index (χ0v) is 11.1. The summed E-state index contributed by atoms with van der Waals surface area (Å²) in [6.45, 7) is -0.116. The molecule has 0 aliphatic rings. The highest BCUT2D eigenvalue weighted by molar-refractivity contribution is 5.82. The molecular formula is C16H15FO3. The lowest BCUT2D eigenvalue weighted by Crippen LogP contribution is -2.14. The molecule has 0 spiro atoms. The number of carbonyl (C=O) groups excluding carboxylic acids is 1. The molecule has 2 aromatic carbocycles. The van der Waals surface area contributed by atoms with E-state index >= 15 is 0 Å². The second-order valence-electron chi connectivity index (χ2n) is 4.25. The number of para-hydroxylation sites is 2. The number of hydrogen-bond donors (Lipinski definition) is 0. The number of hydrogen-bond acceptors (Lipinski definition) is 3. The van der Waals surface area contributed by atoms with Crippen LogP contribution in [0.1, 0.15) is 5.56 Å². The van der Waals surface area contributed by atoms with Gasteiger partial charge in [0.25, 0.3) is 0 Å². The standard InChI is InChI=1S/C16H15FO3/c1-19-15-8-4-5-9-16(15)20-11-13(18)10-12-6-2-3-7-14(12)17/h2-9H,10-11H2,1H3. The largest absolute Gasteiger partial charge is 0.493 e. The zero-order valence-electron chi connectivity index (χ0n) is 11.1. The lowest BCUT2D eigenvalue weighted by molar-refractivity contribution is -0.120. The maximum absolute atomic E-state index is 13.4. The van der Waals surface area contributed by atoms with Crippen molar-refractivity contribution in [2.75, 3.05) is 13.7 Å². The number of rotatable bonds is 6. The monoisotopic (exact) mass is 274 g/mol. The topological polar surface area (TPSA) is 35.5 Å². The first kappa shape index (κ1) is 14.1. The van der Waals surface area contributed by atoms with E-state index in [1.54, 1.807) is 36.4 Å². The fraction of sp³-hybridized carbons (Fsp3) is 0.188. The van der Waals surface area contributed by atoms with Crippen molar-refractivity contribution in [1.82, 2.24) is 0 Å². The van der Waals surface area contributed by atoms with Crippen molar-refractivity contribution in [3.8, 4) is 11.5 Å². The van der Waals surface area contributed by atoms with Crippen molar-refractivity contribution in [2.24, 2.45) is 0 Å². The summed E-state index contributed by atoms with van der Waals surface area (Å²) >= 11 is 0. The molecule has 0 atom stereocenters. The quantitative estimate of drug-likeness (QED) is 0.812. The van der Waals surface area contributed by atoms with Crippen LogP contribution in [0.4, 0.5) is 4.39 Å². The number of Topliss-reactive ketones (excluding diaryl/α,β-unsaturated/α-hetero) is 1. The minimum atomic E-state index is -0.377. The van der Waals surface area contributed by atoms with E-state index in [-0.39, 0.29) is 24.6 Å². The van der Waals surface area contributed by atoms with Crippen LogP contribution >= 0.6 is 0 Å². The van der Waals surface area contributed by atoms with Crippen LogP contribution in [0.25, 0.3) is 0 Å². The van der Waals surface area contributed by atoms with E-state index in [0.29, 0.717) is 17.1 Å². The van der Waals surface area contributed by atoms with Gasteiger partial charge in [-0.25, -0.2) is 4.39 Å². The molecule has 3 nitrogen and oxygen atoms in total. The van der Waals surface area contributed by atoms with Crippen molar-refractivity contribution in [1.29, 1.82) is 0 Å². The molecule has 0 unspecified atom stereocenters. The van der Waals surface area contributed by atoms with E-state index in [0.717, 1.165) is 0 Å². The van der Waals surface area contributed by atoms with Crippen molar-refractivity contribution in [3.63, 3.8) is 0 Å². The van der Waals surface area contributed by atoms with Gasteiger partial charge in [-0.1, -0.05) is 30.3 Å². The molecule has 0 saturated carbocycles. The van der Waals surface area contributed by atoms with Gasteiger partial charge in [-0.05, 0) is 23.8 Å². The van der Waals surface area contributed by atoms with Crippen LogP contribution in [0.2, 0.25) is 0 Å². The highest BCUT2D eigenvalue weighted by Gasteiger charge is 2.10. The molecule has 0 aromatic heterocycles. The Bertz CT molecular complexity index is 596. The number of carbonyl (C=O) groups is 1. The van der Waals surface area contributed by atoms with Crippen LogP contribution in [0, 0.1) is 5.82 Å². The van der Waals surface area contributed by atoms with E-state index in [1.807, 2.05) is 6.07 Å². The summed E-state index contributed by atoms with van der Waals surface area (Å²) < 4.78 is 23.9. The van der Waals surface area contributed by atoms with Gasteiger partial charge in [-0.15, -0.1) is 0 Å². The maximum Gasteiger partial charge on any atom is 0.174 e. The summed E-state index contributed by atoms with van der Waals surface area (Å²) in [5.41, 5.74) is 0.376. The predicted molar refractivity (Wildman–Crippen MR) is 73.6 cm³/mol. The Morgan fingerprint density at radius 1 is 1.05 bits per heavy atom. The summed E-state index contributed by atoms with van der Waals surface area (Å²) in [5, 5.41) is 0. The molecule has 0 aliphatic heterocycles.